The standard InChI is InChI=1S/C15H14F4N4O/c1-9(2)23-7-12(21-6-13(23)20-3)10-4-11(16)14(22-5-10)24-8-15(17,18)19/h4-7H,1,8H2,2-3H3. The Kier molecular flexibility index (Phi) is 5.01. The second-order valence-electron chi connectivity index (χ2n) is 4.87. The molecule has 0 radical (unpaired) electrons. The zero-order valence-electron chi connectivity index (χ0n) is 12.9. The molecule has 0 bridgehead atoms. The van der Waals surface area contributed by atoms with Gasteiger partial charge < -0.3 is 9.30 Å². The quantitative estimate of drug-likeness (QED) is 0.803. The molecule has 0 fully saturated rings. The third-order valence-corrected chi connectivity index (χ3v) is 2.93. The van der Waals surface area contributed by atoms with E-state index >= 15 is 0 Å². The van der Waals surface area contributed by atoms with E-state index in [1.54, 1.807) is 24.7 Å². The maximum Gasteiger partial charge on any atom is 0.422 e. The highest BCUT2D eigenvalue weighted by Crippen LogP contribution is 2.23. The average Bonchev–Trinajstić information content (AvgIpc) is 2.52. The van der Waals surface area contributed by atoms with Gasteiger partial charge in [0.2, 0.25) is 0 Å². The summed E-state index contributed by atoms with van der Waals surface area (Å²) in [6, 6.07) is 1.01. The van der Waals surface area contributed by atoms with Crippen molar-refractivity contribution in [1.82, 2.24) is 14.5 Å². The minimum absolute atomic E-state index is 0.282. The highest BCUT2D eigenvalue weighted by Gasteiger charge is 2.29. The Morgan fingerprint density at radius 3 is 2.58 bits per heavy atom. The van der Waals surface area contributed by atoms with E-state index in [-0.39, 0.29) is 5.56 Å². The predicted octanol–water partition coefficient (Wildman–Crippen LogP) is 3.05. The number of rotatable bonds is 4. The van der Waals surface area contributed by atoms with Crippen LogP contribution in [0.1, 0.15) is 6.92 Å². The topological polar surface area (TPSA) is 52.3 Å². The van der Waals surface area contributed by atoms with Gasteiger partial charge in [0.1, 0.15) is 5.49 Å². The first kappa shape index (κ1) is 17.6. The van der Waals surface area contributed by atoms with Gasteiger partial charge in [-0.3, -0.25) is 9.98 Å². The molecule has 128 valence electrons. The first-order valence-electron chi connectivity index (χ1n) is 6.74. The maximum atomic E-state index is 13.9. The van der Waals surface area contributed by atoms with Crippen molar-refractivity contribution in [3.8, 4) is 17.1 Å². The van der Waals surface area contributed by atoms with Gasteiger partial charge in [-0.25, -0.2) is 9.37 Å². The number of nitrogens with zero attached hydrogens (tertiary/aromatic N) is 4. The number of alkyl halides is 3. The summed E-state index contributed by atoms with van der Waals surface area (Å²) in [5.41, 5.74) is 1.85. The fraction of sp³-hybridized carbons (Fsp3) is 0.267. The Morgan fingerprint density at radius 2 is 2.04 bits per heavy atom. The van der Waals surface area contributed by atoms with Gasteiger partial charge in [-0.15, -0.1) is 0 Å². The molecule has 0 aliphatic carbocycles. The van der Waals surface area contributed by atoms with Gasteiger partial charge in [0.25, 0.3) is 5.88 Å². The second kappa shape index (κ2) is 6.81. The lowest BCUT2D eigenvalue weighted by molar-refractivity contribution is -0.154. The smallest absolute Gasteiger partial charge is 0.422 e. The molecule has 0 atom stereocenters. The van der Waals surface area contributed by atoms with Gasteiger partial charge in [-0.05, 0) is 13.0 Å². The Hall–Kier alpha value is -2.71. The Bertz CT molecular complexity index is 827. The summed E-state index contributed by atoms with van der Waals surface area (Å²) in [5, 5.41) is 0. The largest absolute Gasteiger partial charge is 0.466 e. The molecular weight excluding hydrogens is 328 g/mol. The molecule has 2 aromatic heterocycles. The number of halogens is 4. The van der Waals surface area contributed by atoms with Gasteiger partial charge >= 0.3 is 6.18 Å². The summed E-state index contributed by atoms with van der Waals surface area (Å²) < 4.78 is 56.2. The van der Waals surface area contributed by atoms with Gasteiger partial charge in [0.05, 0.1) is 11.9 Å². The van der Waals surface area contributed by atoms with Crippen LogP contribution in [0.25, 0.3) is 17.0 Å². The number of allylic oxidation sites excluding steroid dienone is 1. The lowest BCUT2D eigenvalue weighted by Crippen LogP contribution is -2.20. The summed E-state index contributed by atoms with van der Waals surface area (Å²) in [6.45, 7) is 3.95. The number of hydrogen-bond donors (Lipinski definition) is 0. The molecule has 0 saturated carbocycles. The fourth-order valence-corrected chi connectivity index (χ4v) is 1.85. The number of ether oxygens (including phenoxy) is 1. The monoisotopic (exact) mass is 342 g/mol. The van der Waals surface area contributed by atoms with Crippen molar-refractivity contribution >= 4 is 5.70 Å². The first-order chi connectivity index (χ1) is 11.2. The molecule has 0 N–H and O–H groups in total. The highest BCUT2D eigenvalue weighted by molar-refractivity contribution is 5.58. The summed E-state index contributed by atoms with van der Waals surface area (Å²) in [7, 11) is 1.59. The van der Waals surface area contributed by atoms with Gasteiger partial charge in [0.15, 0.2) is 12.4 Å². The van der Waals surface area contributed by atoms with Crippen LogP contribution < -0.4 is 10.2 Å². The summed E-state index contributed by atoms with van der Waals surface area (Å²) in [4.78, 5) is 11.7. The van der Waals surface area contributed by atoms with Crippen LogP contribution in [0.3, 0.4) is 0 Å². The average molecular weight is 342 g/mol. The zero-order chi connectivity index (χ0) is 17.9. The van der Waals surface area contributed by atoms with Crippen molar-refractivity contribution in [3.63, 3.8) is 0 Å². The summed E-state index contributed by atoms with van der Waals surface area (Å²) in [5.74, 6) is -1.73. The molecule has 2 rings (SSSR count). The molecule has 0 amide bonds. The molecule has 9 heteroatoms. The highest BCUT2D eigenvalue weighted by atomic mass is 19.4. The van der Waals surface area contributed by atoms with Crippen molar-refractivity contribution in [1.29, 1.82) is 0 Å². The minimum atomic E-state index is -4.57. The Morgan fingerprint density at radius 1 is 1.33 bits per heavy atom. The van der Waals surface area contributed by atoms with E-state index in [0.717, 1.165) is 6.07 Å². The molecule has 5 nitrogen and oxygen atoms in total. The number of aromatic nitrogens is 3. The van der Waals surface area contributed by atoms with Gasteiger partial charge in [0, 0.05) is 30.7 Å². The van der Waals surface area contributed by atoms with E-state index in [9.17, 15) is 17.6 Å². The minimum Gasteiger partial charge on any atom is -0.466 e. The Balaban J connectivity index is 2.35. The maximum absolute atomic E-state index is 13.9. The van der Waals surface area contributed by atoms with Crippen LogP contribution >= 0.6 is 0 Å². The third kappa shape index (κ3) is 4.18. The summed E-state index contributed by atoms with van der Waals surface area (Å²) >= 11 is 0. The van der Waals surface area contributed by atoms with E-state index in [2.05, 4.69) is 26.3 Å². The molecule has 0 aliphatic heterocycles. The molecule has 24 heavy (non-hydrogen) atoms. The van der Waals surface area contributed by atoms with Gasteiger partial charge in [-0.1, -0.05) is 6.58 Å². The molecule has 0 aromatic carbocycles. The van der Waals surface area contributed by atoms with Crippen LogP contribution in [0.5, 0.6) is 5.88 Å². The number of pyridine rings is 1. The molecule has 0 spiro atoms. The van der Waals surface area contributed by atoms with Crippen LogP contribution in [0.4, 0.5) is 17.6 Å². The van der Waals surface area contributed by atoms with E-state index in [1.807, 2.05) is 0 Å². The van der Waals surface area contributed by atoms with E-state index < -0.39 is 24.5 Å². The molecule has 0 saturated heterocycles. The number of hydrogen-bond acceptors (Lipinski definition) is 4. The SMILES string of the molecule is C=C(C)n1cc(-c2cnc(OCC(F)(F)F)c(F)c2)ncc1=NC. The third-order valence-electron chi connectivity index (χ3n) is 2.93. The molecule has 2 heterocycles. The molecule has 2 aromatic rings. The predicted molar refractivity (Wildman–Crippen MR) is 79.5 cm³/mol. The summed E-state index contributed by atoms with van der Waals surface area (Å²) in [6.07, 6.45) is -0.336. The van der Waals surface area contributed by atoms with Crippen LogP contribution in [0.2, 0.25) is 0 Å². The lowest BCUT2D eigenvalue weighted by atomic mass is 10.2. The first-order valence-corrected chi connectivity index (χ1v) is 6.74. The second-order valence-corrected chi connectivity index (χ2v) is 4.87. The Labute approximate surface area is 135 Å². The molecule has 0 unspecified atom stereocenters. The van der Waals surface area contributed by atoms with Crippen molar-refractivity contribution in [3.05, 3.63) is 42.5 Å². The van der Waals surface area contributed by atoms with Crippen molar-refractivity contribution in [2.45, 2.75) is 13.1 Å². The molecule has 0 aliphatic rings. The van der Waals surface area contributed by atoms with Gasteiger partial charge in [-0.2, -0.15) is 13.2 Å². The van der Waals surface area contributed by atoms with E-state index in [4.69, 9.17) is 0 Å². The van der Waals surface area contributed by atoms with Crippen LogP contribution in [0, 0.1) is 5.82 Å². The van der Waals surface area contributed by atoms with Crippen LogP contribution in [-0.4, -0.2) is 34.4 Å². The zero-order valence-corrected chi connectivity index (χ0v) is 12.9. The van der Waals surface area contributed by atoms with Crippen molar-refractivity contribution < 1.29 is 22.3 Å². The van der Waals surface area contributed by atoms with Crippen molar-refractivity contribution in [2.24, 2.45) is 4.99 Å². The fourth-order valence-electron chi connectivity index (χ4n) is 1.85. The molecular formula is C15H14F4N4O. The van der Waals surface area contributed by atoms with Crippen LogP contribution in [0.15, 0.2) is 36.2 Å². The van der Waals surface area contributed by atoms with Crippen LogP contribution in [-0.2, 0) is 0 Å². The van der Waals surface area contributed by atoms with E-state index in [1.165, 1.54) is 12.4 Å². The van der Waals surface area contributed by atoms with E-state index in [0.29, 0.717) is 16.9 Å². The normalized spacial score (nSPS) is 12.3. The lowest BCUT2D eigenvalue weighted by Gasteiger charge is -2.11. The van der Waals surface area contributed by atoms with Crippen molar-refractivity contribution in [2.75, 3.05) is 13.7 Å².